The van der Waals surface area contributed by atoms with Gasteiger partial charge in [-0.2, -0.15) is 18.4 Å². The molecule has 0 atom stereocenters. The van der Waals surface area contributed by atoms with Crippen LogP contribution in [0.1, 0.15) is 5.56 Å². The van der Waals surface area contributed by atoms with Gasteiger partial charge in [-0.25, -0.2) is 13.4 Å². The zero-order valence-corrected chi connectivity index (χ0v) is 12.5. The monoisotopic (exact) mass is 337 g/mol. The van der Waals surface area contributed by atoms with E-state index in [0.29, 0.717) is 0 Å². The number of hydrogen-bond acceptors (Lipinski definition) is 5. The Kier molecular flexibility index (Phi) is 5.25. The summed E-state index contributed by atoms with van der Waals surface area (Å²) in [5, 5.41) is 11.0. The molecule has 0 bridgehead atoms. The Labute approximate surface area is 123 Å². The van der Waals surface area contributed by atoms with E-state index in [4.69, 9.17) is 5.26 Å². The van der Waals surface area contributed by atoms with Crippen LogP contribution < -0.4 is 5.32 Å². The molecule has 0 aromatic heterocycles. The topological polar surface area (TPSA) is 82.3 Å². The lowest BCUT2D eigenvalue weighted by molar-refractivity contribution is -0.0436. The number of nitriles is 1. The summed E-state index contributed by atoms with van der Waals surface area (Å²) in [5.41, 5.74) is -5.19. The summed E-state index contributed by atoms with van der Waals surface area (Å²) in [6.07, 6.45) is 3.31. The lowest BCUT2D eigenvalue weighted by Gasteiger charge is -2.11. The van der Waals surface area contributed by atoms with Gasteiger partial charge < -0.3 is 0 Å². The minimum Gasteiger partial charge on any atom is -0.271 e. The minimum absolute atomic E-state index is 0.0778. The van der Waals surface area contributed by atoms with Crippen molar-refractivity contribution < 1.29 is 21.6 Å². The number of alkyl halides is 3. The van der Waals surface area contributed by atoms with Gasteiger partial charge in [-0.15, -0.1) is 0 Å². The first-order valence-corrected chi connectivity index (χ1v) is 8.04. The predicted molar refractivity (Wildman–Crippen MR) is 73.8 cm³/mol. The van der Waals surface area contributed by atoms with Crippen LogP contribution in [0.15, 0.2) is 28.1 Å². The van der Waals surface area contributed by atoms with Crippen LogP contribution in [0.2, 0.25) is 0 Å². The maximum atomic E-state index is 12.5. The van der Waals surface area contributed by atoms with Gasteiger partial charge in [-0.05, 0) is 36.9 Å². The Morgan fingerprint density at radius 3 is 2.48 bits per heavy atom. The number of amidine groups is 1. The van der Waals surface area contributed by atoms with E-state index < -0.39 is 20.2 Å². The number of benzene rings is 1. The first-order chi connectivity index (χ1) is 9.63. The molecule has 10 heteroatoms. The lowest BCUT2D eigenvalue weighted by atomic mass is 10.2. The van der Waals surface area contributed by atoms with E-state index in [2.05, 4.69) is 10.3 Å². The van der Waals surface area contributed by atoms with E-state index in [-0.39, 0.29) is 16.4 Å². The fourth-order valence-corrected chi connectivity index (χ4v) is 2.74. The first kappa shape index (κ1) is 17.3. The standard InChI is InChI=1S/C11H10F3N3O2S2/c1-7-5-8(17-10(20-2)16-6-15)3-4-9(7)21(18,19)11(12,13)14/h3-5H,1-2H3,(H,16,17). The number of halogens is 3. The third-order valence-electron chi connectivity index (χ3n) is 2.34. The van der Waals surface area contributed by atoms with E-state index in [1.54, 1.807) is 12.4 Å². The minimum atomic E-state index is -5.39. The average Bonchev–Trinajstić information content (AvgIpc) is 2.36. The van der Waals surface area contributed by atoms with Crippen LogP contribution >= 0.6 is 11.8 Å². The van der Waals surface area contributed by atoms with Crippen LogP contribution in [0.4, 0.5) is 18.9 Å². The van der Waals surface area contributed by atoms with Gasteiger partial charge in [-0.1, -0.05) is 11.8 Å². The number of aryl methyl sites for hydroxylation is 1. The summed E-state index contributed by atoms with van der Waals surface area (Å²) in [4.78, 5) is 3.17. The van der Waals surface area contributed by atoms with E-state index in [0.717, 1.165) is 23.9 Å². The summed E-state index contributed by atoms with van der Waals surface area (Å²) in [7, 11) is -5.39. The molecule has 21 heavy (non-hydrogen) atoms. The number of hydrogen-bond donors (Lipinski definition) is 1. The van der Waals surface area contributed by atoms with Gasteiger partial charge in [-0.3, -0.25) is 5.32 Å². The normalized spacial score (nSPS) is 12.9. The zero-order chi connectivity index (χ0) is 16.3. The van der Waals surface area contributed by atoms with Crippen molar-refractivity contribution >= 4 is 32.5 Å². The molecule has 1 aromatic rings. The van der Waals surface area contributed by atoms with Crippen molar-refractivity contribution in [3.63, 3.8) is 0 Å². The smallest absolute Gasteiger partial charge is 0.271 e. The summed E-state index contributed by atoms with van der Waals surface area (Å²) in [6, 6.07) is 3.19. The Hall–Kier alpha value is -1.73. The molecule has 0 aliphatic rings. The molecule has 0 spiro atoms. The fraction of sp³-hybridized carbons (Fsp3) is 0.273. The number of rotatable bonds is 2. The number of sulfone groups is 1. The quantitative estimate of drug-likeness (QED) is 0.388. The molecule has 0 unspecified atom stereocenters. The van der Waals surface area contributed by atoms with Crippen LogP contribution in [0, 0.1) is 18.4 Å². The molecule has 5 nitrogen and oxygen atoms in total. The second kappa shape index (κ2) is 6.36. The van der Waals surface area contributed by atoms with E-state index in [1.165, 1.54) is 13.0 Å². The lowest BCUT2D eigenvalue weighted by Crippen LogP contribution is -2.23. The molecule has 0 saturated heterocycles. The number of aliphatic imine (C=N–C) groups is 1. The highest BCUT2D eigenvalue weighted by Gasteiger charge is 2.47. The van der Waals surface area contributed by atoms with Crippen molar-refractivity contribution in [2.24, 2.45) is 4.99 Å². The van der Waals surface area contributed by atoms with Crippen molar-refractivity contribution in [3.8, 4) is 6.19 Å². The summed E-state index contributed by atoms with van der Waals surface area (Å²) in [5.74, 6) is 0. The van der Waals surface area contributed by atoms with Crippen LogP contribution in [-0.2, 0) is 9.84 Å². The van der Waals surface area contributed by atoms with Gasteiger partial charge in [0.15, 0.2) is 11.4 Å². The zero-order valence-electron chi connectivity index (χ0n) is 10.9. The molecule has 0 fully saturated rings. The van der Waals surface area contributed by atoms with Crippen LogP contribution in [0.5, 0.6) is 0 Å². The molecule has 0 heterocycles. The predicted octanol–water partition coefficient (Wildman–Crippen LogP) is 2.71. The van der Waals surface area contributed by atoms with Gasteiger partial charge in [0, 0.05) is 0 Å². The SMILES string of the molecule is CSC(=Nc1ccc(S(=O)(=O)C(F)(F)F)c(C)c1)NC#N. The molecule has 0 saturated carbocycles. The number of nitrogens with zero attached hydrogens (tertiary/aromatic N) is 2. The Morgan fingerprint density at radius 1 is 1.43 bits per heavy atom. The average molecular weight is 337 g/mol. The number of thioether (sulfide) groups is 1. The van der Waals surface area contributed by atoms with Gasteiger partial charge in [0.2, 0.25) is 0 Å². The largest absolute Gasteiger partial charge is 0.501 e. The second-order valence-corrected chi connectivity index (χ2v) is 6.46. The van der Waals surface area contributed by atoms with Gasteiger partial charge >= 0.3 is 5.51 Å². The van der Waals surface area contributed by atoms with E-state index in [1.807, 2.05) is 0 Å². The highest BCUT2D eigenvalue weighted by atomic mass is 32.2. The van der Waals surface area contributed by atoms with E-state index >= 15 is 0 Å². The van der Waals surface area contributed by atoms with Crippen molar-refractivity contribution in [2.45, 2.75) is 17.3 Å². The third kappa shape index (κ3) is 3.89. The molecule has 114 valence electrons. The van der Waals surface area contributed by atoms with Crippen molar-refractivity contribution in [2.75, 3.05) is 6.26 Å². The van der Waals surface area contributed by atoms with E-state index in [9.17, 15) is 21.6 Å². The number of nitrogens with one attached hydrogen (secondary N) is 1. The van der Waals surface area contributed by atoms with Crippen LogP contribution in [0.3, 0.4) is 0 Å². The second-order valence-electron chi connectivity index (χ2n) is 3.76. The molecule has 1 rings (SSSR count). The highest BCUT2D eigenvalue weighted by molar-refractivity contribution is 8.13. The summed E-state index contributed by atoms with van der Waals surface area (Å²) >= 11 is 1.13. The molecule has 0 radical (unpaired) electrons. The highest BCUT2D eigenvalue weighted by Crippen LogP contribution is 2.33. The Balaban J connectivity index is 3.28. The fourth-order valence-electron chi connectivity index (χ4n) is 1.42. The van der Waals surface area contributed by atoms with Crippen LogP contribution in [0.25, 0.3) is 0 Å². The first-order valence-electron chi connectivity index (χ1n) is 5.33. The maximum absolute atomic E-state index is 12.5. The molecular formula is C11H10F3N3O2S2. The van der Waals surface area contributed by atoms with Crippen molar-refractivity contribution in [3.05, 3.63) is 23.8 Å². The molecule has 0 aliphatic carbocycles. The molecule has 0 aliphatic heterocycles. The molecular weight excluding hydrogens is 327 g/mol. The van der Waals surface area contributed by atoms with Crippen molar-refractivity contribution in [1.29, 1.82) is 5.26 Å². The summed E-state index contributed by atoms with van der Waals surface area (Å²) in [6.45, 7) is 1.24. The van der Waals surface area contributed by atoms with Gasteiger partial charge in [0.05, 0.1) is 10.6 Å². The van der Waals surface area contributed by atoms with Crippen LogP contribution in [-0.4, -0.2) is 25.3 Å². The summed E-state index contributed by atoms with van der Waals surface area (Å²) < 4.78 is 60.2. The molecule has 1 N–H and O–H groups in total. The maximum Gasteiger partial charge on any atom is 0.501 e. The Bertz CT molecular complexity index is 706. The van der Waals surface area contributed by atoms with Gasteiger partial charge in [0.1, 0.15) is 0 Å². The van der Waals surface area contributed by atoms with Gasteiger partial charge in [0.25, 0.3) is 9.84 Å². The Morgan fingerprint density at radius 2 is 2.05 bits per heavy atom. The van der Waals surface area contributed by atoms with Crippen molar-refractivity contribution in [1.82, 2.24) is 5.32 Å². The molecule has 0 amide bonds. The third-order valence-corrected chi connectivity index (χ3v) is 4.57. The molecule has 1 aromatic carbocycles.